The third-order valence-corrected chi connectivity index (χ3v) is 3.48. The molecule has 0 aromatic heterocycles. The molecule has 0 radical (unpaired) electrons. The maximum Gasteiger partial charge on any atom is 0.175 e. The summed E-state index contributed by atoms with van der Waals surface area (Å²) in [5.41, 5.74) is 6.27. The molecule has 1 rings (SSSR count). The Morgan fingerprint density at radius 1 is 1.44 bits per heavy atom. The first-order valence-corrected chi connectivity index (χ1v) is 6.56. The van der Waals surface area contributed by atoms with Crippen LogP contribution in [0.2, 0.25) is 0 Å². The fraction of sp³-hybridized carbons (Fsp3) is 0.400. The van der Waals surface area contributed by atoms with Crippen molar-refractivity contribution in [3.05, 3.63) is 23.3 Å². The molecule has 1 unspecified atom stereocenters. The van der Waals surface area contributed by atoms with Crippen LogP contribution >= 0.6 is 0 Å². The molecule has 16 heavy (non-hydrogen) atoms. The lowest BCUT2D eigenvalue weighted by Gasteiger charge is -2.15. The average Bonchev–Trinajstić information content (AvgIpc) is 2.18. The maximum absolute atomic E-state index is 11.5. The summed E-state index contributed by atoms with van der Waals surface area (Å²) in [6.45, 7) is 1.21. The Kier molecular flexibility index (Phi) is 3.57. The Hall–Kier alpha value is -1.11. The van der Waals surface area contributed by atoms with E-state index in [0.717, 1.165) is 6.26 Å². The van der Waals surface area contributed by atoms with Crippen molar-refractivity contribution in [3.8, 4) is 5.75 Å². The molecule has 0 aliphatic carbocycles. The molecule has 1 aromatic rings. The molecule has 1 atom stereocenters. The van der Waals surface area contributed by atoms with Crippen molar-refractivity contribution in [1.29, 1.82) is 0 Å². The van der Waals surface area contributed by atoms with Gasteiger partial charge in [-0.25, -0.2) is 8.42 Å². The Labute approximate surface area is 94.4 Å². The normalized spacial score (nSPS) is 13.8. The molecule has 0 saturated heterocycles. The van der Waals surface area contributed by atoms with Gasteiger partial charge >= 0.3 is 0 Å². The van der Waals surface area contributed by atoms with Crippen molar-refractivity contribution >= 4 is 9.84 Å². The van der Waals surface area contributed by atoms with Crippen LogP contribution in [0.4, 0.5) is 0 Å². The van der Waals surface area contributed by atoms with Crippen LogP contribution < -0.4 is 5.73 Å². The summed E-state index contributed by atoms with van der Waals surface area (Å²) < 4.78 is 23.0. The first-order valence-electron chi connectivity index (χ1n) is 4.67. The SMILES string of the molecule is Cc1cc(S(C)(=O)=O)c(C(N)CO)cc1O. The van der Waals surface area contributed by atoms with E-state index in [0.29, 0.717) is 5.56 Å². The molecular formula is C10H15NO4S. The van der Waals surface area contributed by atoms with Gasteiger partial charge in [0, 0.05) is 6.26 Å². The summed E-state index contributed by atoms with van der Waals surface area (Å²) >= 11 is 0. The first kappa shape index (κ1) is 13.0. The van der Waals surface area contributed by atoms with E-state index < -0.39 is 15.9 Å². The molecule has 0 fully saturated rings. The van der Waals surface area contributed by atoms with Crippen LogP contribution in [0.1, 0.15) is 17.2 Å². The summed E-state index contributed by atoms with van der Waals surface area (Å²) in [5.74, 6) is -0.0358. The van der Waals surface area contributed by atoms with Gasteiger partial charge in [0.05, 0.1) is 17.5 Å². The standard InChI is InChI=1S/C10H15NO4S/c1-6-3-10(16(2,14)15)7(4-9(6)13)8(11)5-12/h3-4,8,12-13H,5,11H2,1-2H3. The van der Waals surface area contributed by atoms with E-state index in [1.165, 1.54) is 12.1 Å². The Morgan fingerprint density at radius 2 is 2.00 bits per heavy atom. The number of phenols is 1. The molecular weight excluding hydrogens is 230 g/mol. The lowest BCUT2D eigenvalue weighted by atomic mass is 10.1. The zero-order valence-electron chi connectivity index (χ0n) is 9.14. The van der Waals surface area contributed by atoms with E-state index in [9.17, 15) is 13.5 Å². The minimum atomic E-state index is -3.43. The largest absolute Gasteiger partial charge is 0.508 e. The summed E-state index contributed by atoms with van der Waals surface area (Å²) in [4.78, 5) is 0.0457. The maximum atomic E-state index is 11.5. The molecule has 6 heteroatoms. The number of aryl methyl sites for hydroxylation is 1. The third kappa shape index (κ3) is 2.52. The fourth-order valence-electron chi connectivity index (χ4n) is 1.40. The van der Waals surface area contributed by atoms with Crippen LogP contribution in [0.3, 0.4) is 0 Å². The lowest BCUT2D eigenvalue weighted by molar-refractivity contribution is 0.266. The van der Waals surface area contributed by atoms with Gasteiger partial charge in [-0.2, -0.15) is 0 Å². The van der Waals surface area contributed by atoms with Gasteiger partial charge in [-0.1, -0.05) is 0 Å². The second kappa shape index (κ2) is 4.40. The Bertz CT molecular complexity index is 496. The van der Waals surface area contributed by atoms with Crippen LogP contribution in [-0.2, 0) is 9.84 Å². The smallest absolute Gasteiger partial charge is 0.175 e. The molecule has 0 heterocycles. The van der Waals surface area contributed by atoms with E-state index in [4.69, 9.17) is 10.8 Å². The number of phenolic OH excluding ortho intramolecular Hbond substituents is 1. The van der Waals surface area contributed by atoms with E-state index in [1.54, 1.807) is 6.92 Å². The molecule has 0 aliphatic rings. The molecule has 4 N–H and O–H groups in total. The van der Waals surface area contributed by atoms with Crippen molar-refractivity contribution in [2.45, 2.75) is 17.9 Å². The summed E-state index contributed by atoms with van der Waals surface area (Å²) in [6.07, 6.45) is 1.06. The van der Waals surface area contributed by atoms with Gasteiger partial charge in [-0.05, 0) is 30.2 Å². The van der Waals surface area contributed by atoms with Crippen LogP contribution in [0.5, 0.6) is 5.75 Å². The number of aliphatic hydroxyl groups excluding tert-OH is 1. The van der Waals surface area contributed by atoms with Crippen molar-refractivity contribution < 1.29 is 18.6 Å². The minimum absolute atomic E-state index is 0.0358. The molecule has 1 aromatic carbocycles. The Morgan fingerprint density at radius 3 is 2.44 bits per heavy atom. The molecule has 0 aliphatic heterocycles. The van der Waals surface area contributed by atoms with Crippen LogP contribution in [0.25, 0.3) is 0 Å². The highest BCUT2D eigenvalue weighted by Gasteiger charge is 2.19. The van der Waals surface area contributed by atoms with E-state index in [-0.39, 0.29) is 22.8 Å². The van der Waals surface area contributed by atoms with Gasteiger partial charge in [-0.15, -0.1) is 0 Å². The third-order valence-electron chi connectivity index (χ3n) is 2.32. The summed E-state index contributed by atoms with van der Waals surface area (Å²) in [5, 5.41) is 18.4. The predicted octanol–water partition coefficient (Wildman–Crippen LogP) is 0.0962. The second-order valence-electron chi connectivity index (χ2n) is 3.74. The van der Waals surface area contributed by atoms with E-state index in [2.05, 4.69) is 0 Å². The van der Waals surface area contributed by atoms with Crippen molar-refractivity contribution in [2.75, 3.05) is 12.9 Å². The zero-order chi connectivity index (χ0) is 12.5. The lowest BCUT2D eigenvalue weighted by Crippen LogP contribution is -2.18. The quantitative estimate of drug-likeness (QED) is 0.701. The number of sulfone groups is 1. The predicted molar refractivity (Wildman–Crippen MR) is 60.0 cm³/mol. The number of hydrogen-bond acceptors (Lipinski definition) is 5. The van der Waals surface area contributed by atoms with Crippen LogP contribution in [0.15, 0.2) is 17.0 Å². The van der Waals surface area contributed by atoms with Gasteiger partial charge in [0.2, 0.25) is 0 Å². The van der Waals surface area contributed by atoms with Crippen LogP contribution in [-0.4, -0.2) is 31.5 Å². The number of hydrogen-bond donors (Lipinski definition) is 3. The number of aliphatic hydroxyl groups is 1. The summed E-state index contributed by atoms with van der Waals surface area (Å²) in [7, 11) is -3.43. The van der Waals surface area contributed by atoms with Gasteiger partial charge in [0.1, 0.15) is 5.75 Å². The Balaban J connectivity index is 3.52. The van der Waals surface area contributed by atoms with Crippen LogP contribution in [0, 0.1) is 6.92 Å². The molecule has 0 spiro atoms. The highest BCUT2D eigenvalue weighted by molar-refractivity contribution is 7.90. The van der Waals surface area contributed by atoms with Gasteiger partial charge < -0.3 is 15.9 Å². The minimum Gasteiger partial charge on any atom is -0.508 e. The number of rotatable bonds is 3. The van der Waals surface area contributed by atoms with Gasteiger partial charge in [0.25, 0.3) is 0 Å². The number of aromatic hydroxyl groups is 1. The second-order valence-corrected chi connectivity index (χ2v) is 5.72. The molecule has 5 nitrogen and oxygen atoms in total. The monoisotopic (exact) mass is 245 g/mol. The number of nitrogens with two attached hydrogens (primary N) is 1. The molecule has 0 saturated carbocycles. The van der Waals surface area contributed by atoms with Crippen molar-refractivity contribution in [3.63, 3.8) is 0 Å². The van der Waals surface area contributed by atoms with Gasteiger partial charge in [0.15, 0.2) is 9.84 Å². The zero-order valence-corrected chi connectivity index (χ0v) is 9.95. The first-order chi connectivity index (χ1) is 7.27. The van der Waals surface area contributed by atoms with E-state index in [1.807, 2.05) is 0 Å². The topological polar surface area (TPSA) is 101 Å². The summed E-state index contributed by atoms with van der Waals surface area (Å²) in [6, 6.07) is 1.82. The fourth-order valence-corrected chi connectivity index (χ4v) is 2.42. The average molecular weight is 245 g/mol. The highest BCUT2D eigenvalue weighted by Crippen LogP contribution is 2.28. The van der Waals surface area contributed by atoms with Gasteiger partial charge in [-0.3, -0.25) is 0 Å². The van der Waals surface area contributed by atoms with E-state index >= 15 is 0 Å². The van der Waals surface area contributed by atoms with Crippen molar-refractivity contribution in [2.24, 2.45) is 5.73 Å². The molecule has 0 bridgehead atoms. The molecule has 0 amide bonds. The molecule has 90 valence electrons. The van der Waals surface area contributed by atoms with Crippen molar-refractivity contribution in [1.82, 2.24) is 0 Å². The highest BCUT2D eigenvalue weighted by atomic mass is 32.2. The number of benzene rings is 1.